The number of hydrogen-bond donors (Lipinski definition) is 1. The molecule has 4 atom stereocenters. The summed E-state index contributed by atoms with van der Waals surface area (Å²) in [4.78, 5) is 0. The topological polar surface area (TPSA) is 35.8 Å². The van der Waals surface area contributed by atoms with E-state index in [0.717, 1.165) is 24.8 Å². The first kappa shape index (κ1) is 11.0. The second-order valence-corrected chi connectivity index (χ2v) is 5.35. The lowest BCUT2D eigenvalue weighted by atomic mass is 9.97. The normalized spacial score (nSPS) is 40.5. The predicted molar refractivity (Wildman–Crippen MR) is 61.2 cm³/mol. The smallest absolute Gasteiger partial charge is 0.0672 e. The van der Waals surface area contributed by atoms with Crippen molar-refractivity contribution in [2.45, 2.75) is 51.5 Å². The third kappa shape index (κ3) is 2.52. The molecular weight excluding hydrogens is 184 g/mol. The number of hydrogen-bond acceptors (Lipinski definition) is 2. The van der Waals surface area contributed by atoms with Gasteiger partial charge >= 0.3 is 0 Å². The molecule has 0 spiro atoms. The van der Waals surface area contributed by atoms with Crippen LogP contribution in [-0.4, -0.2) is 12.6 Å². The summed E-state index contributed by atoms with van der Waals surface area (Å²) in [6, 6.07) is 2.93. The zero-order chi connectivity index (χ0) is 10.7. The minimum absolute atomic E-state index is 0.279. The predicted octanol–water partition coefficient (Wildman–Crippen LogP) is 2.70. The average molecular weight is 206 g/mol. The van der Waals surface area contributed by atoms with Crippen molar-refractivity contribution < 1.29 is 0 Å². The Kier molecular flexibility index (Phi) is 3.64. The van der Waals surface area contributed by atoms with Crippen LogP contribution in [0.4, 0.5) is 0 Å². The van der Waals surface area contributed by atoms with Gasteiger partial charge in [-0.1, -0.05) is 26.2 Å². The molecule has 0 aromatic rings. The van der Waals surface area contributed by atoms with Gasteiger partial charge in [-0.3, -0.25) is 0 Å². The van der Waals surface area contributed by atoms with Crippen molar-refractivity contribution in [3.05, 3.63) is 0 Å². The standard InChI is InChI=1S/C13H22N2/c1-10-4-2-6-12(10)9-15-13-7-3-5-11(13)8-14/h10-13,15H,2-7,9H2,1H3. The quantitative estimate of drug-likeness (QED) is 0.770. The van der Waals surface area contributed by atoms with Gasteiger partial charge in [-0.15, -0.1) is 0 Å². The van der Waals surface area contributed by atoms with Crippen LogP contribution in [0.15, 0.2) is 0 Å². The molecule has 0 radical (unpaired) electrons. The fraction of sp³-hybridized carbons (Fsp3) is 0.923. The molecule has 1 N–H and O–H groups in total. The monoisotopic (exact) mass is 206 g/mol. The lowest BCUT2D eigenvalue weighted by Crippen LogP contribution is -2.36. The highest BCUT2D eigenvalue weighted by atomic mass is 14.9. The Morgan fingerprint density at radius 3 is 2.67 bits per heavy atom. The van der Waals surface area contributed by atoms with Gasteiger partial charge in [0, 0.05) is 6.04 Å². The highest BCUT2D eigenvalue weighted by molar-refractivity contribution is 4.96. The molecule has 2 saturated carbocycles. The minimum Gasteiger partial charge on any atom is -0.312 e. The maximum Gasteiger partial charge on any atom is 0.0672 e. The molecule has 2 aliphatic rings. The van der Waals surface area contributed by atoms with Crippen LogP contribution in [-0.2, 0) is 0 Å². The number of nitrogens with zero attached hydrogens (tertiary/aromatic N) is 1. The molecule has 2 rings (SSSR count). The van der Waals surface area contributed by atoms with E-state index in [0.29, 0.717) is 6.04 Å². The van der Waals surface area contributed by atoms with Gasteiger partial charge in [0.2, 0.25) is 0 Å². The van der Waals surface area contributed by atoms with Crippen LogP contribution < -0.4 is 5.32 Å². The van der Waals surface area contributed by atoms with Crippen molar-refractivity contribution in [3.63, 3.8) is 0 Å². The van der Waals surface area contributed by atoms with Crippen LogP contribution in [0.1, 0.15) is 45.4 Å². The van der Waals surface area contributed by atoms with E-state index in [4.69, 9.17) is 5.26 Å². The van der Waals surface area contributed by atoms with Crippen molar-refractivity contribution in [1.82, 2.24) is 5.32 Å². The summed E-state index contributed by atoms with van der Waals surface area (Å²) in [6.45, 7) is 3.51. The molecule has 0 aromatic carbocycles. The highest BCUT2D eigenvalue weighted by Gasteiger charge is 2.29. The maximum absolute atomic E-state index is 8.99. The molecule has 0 aliphatic heterocycles. The summed E-state index contributed by atoms with van der Waals surface area (Å²) in [5.74, 6) is 2.03. The van der Waals surface area contributed by atoms with E-state index in [1.54, 1.807) is 0 Å². The average Bonchev–Trinajstić information content (AvgIpc) is 2.83. The third-order valence-electron chi connectivity index (χ3n) is 4.36. The summed E-state index contributed by atoms with van der Waals surface area (Å²) in [6.07, 6.45) is 7.74. The molecule has 2 aliphatic carbocycles. The highest BCUT2D eigenvalue weighted by Crippen LogP contribution is 2.31. The van der Waals surface area contributed by atoms with E-state index in [1.165, 1.54) is 32.1 Å². The van der Waals surface area contributed by atoms with E-state index in [-0.39, 0.29) is 5.92 Å². The Hall–Kier alpha value is -0.550. The second-order valence-electron chi connectivity index (χ2n) is 5.35. The Bertz CT molecular complexity index is 243. The Morgan fingerprint density at radius 2 is 2.00 bits per heavy atom. The Labute approximate surface area is 93.0 Å². The zero-order valence-corrected chi connectivity index (χ0v) is 9.71. The van der Waals surface area contributed by atoms with Crippen molar-refractivity contribution in [2.24, 2.45) is 17.8 Å². The van der Waals surface area contributed by atoms with Crippen LogP contribution in [0.25, 0.3) is 0 Å². The fourth-order valence-corrected chi connectivity index (χ4v) is 3.19. The van der Waals surface area contributed by atoms with Crippen molar-refractivity contribution in [2.75, 3.05) is 6.54 Å². The van der Waals surface area contributed by atoms with Gasteiger partial charge in [-0.05, 0) is 37.6 Å². The van der Waals surface area contributed by atoms with Gasteiger partial charge in [-0.25, -0.2) is 0 Å². The lowest BCUT2D eigenvalue weighted by Gasteiger charge is -2.21. The van der Waals surface area contributed by atoms with E-state index in [1.807, 2.05) is 0 Å². The van der Waals surface area contributed by atoms with Crippen molar-refractivity contribution in [3.8, 4) is 6.07 Å². The fourth-order valence-electron chi connectivity index (χ4n) is 3.19. The number of nitriles is 1. The van der Waals surface area contributed by atoms with Crippen molar-refractivity contribution >= 4 is 0 Å². The summed E-state index contributed by atoms with van der Waals surface area (Å²) in [7, 11) is 0. The first-order chi connectivity index (χ1) is 7.31. The summed E-state index contributed by atoms with van der Waals surface area (Å²) < 4.78 is 0. The SMILES string of the molecule is CC1CCCC1CNC1CCCC1C#N. The van der Waals surface area contributed by atoms with Crippen LogP contribution in [0, 0.1) is 29.1 Å². The molecule has 2 heteroatoms. The van der Waals surface area contributed by atoms with Gasteiger partial charge in [0.05, 0.1) is 12.0 Å². The molecule has 15 heavy (non-hydrogen) atoms. The van der Waals surface area contributed by atoms with Gasteiger partial charge in [0.1, 0.15) is 0 Å². The van der Waals surface area contributed by atoms with Crippen LogP contribution in [0.2, 0.25) is 0 Å². The first-order valence-corrected chi connectivity index (χ1v) is 6.44. The molecule has 2 fully saturated rings. The zero-order valence-electron chi connectivity index (χ0n) is 9.71. The molecule has 0 bridgehead atoms. The molecular formula is C13H22N2. The molecule has 4 unspecified atom stereocenters. The Balaban J connectivity index is 1.75. The summed E-state index contributed by atoms with van der Waals surface area (Å²) in [5, 5.41) is 12.6. The molecule has 0 aromatic heterocycles. The largest absolute Gasteiger partial charge is 0.312 e. The number of rotatable bonds is 3. The minimum atomic E-state index is 0.279. The molecule has 0 saturated heterocycles. The van der Waals surface area contributed by atoms with Gasteiger partial charge in [0.25, 0.3) is 0 Å². The van der Waals surface area contributed by atoms with Gasteiger partial charge < -0.3 is 5.32 Å². The van der Waals surface area contributed by atoms with Crippen LogP contribution in [0.3, 0.4) is 0 Å². The molecule has 0 amide bonds. The van der Waals surface area contributed by atoms with E-state index < -0.39 is 0 Å². The third-order valence-corrected chi connectivity index (χ3v) is 4.36. The lowest BCUT2D eigenvalue weighted by molar-refractivity contribution is 0.353. The maximum atomic E-state index is 8.99. The second kappa shape index (κ2) is 4.99. The van der Waals surface area contributed by atoms with E-state index in [2.05, 4.69) is 18.3 Å². The Morgan fingerprint density at radius 1 is 1.20 bits per heavy atom. The van der Waals surface area contributed by atoms with Gasteiger partial charge in [0.15, 0.2) is 0 Å². The summed E-state index contributed by atoms with van der Waals surface area (Å²) in [5.41, 5.74) is 0. The number of nitrogens with one attached hydrogen (secondary N) is 1. The molecule has 84 valence electrons. The van der Waals surface area contributed by atoms with Crippen LogP contribution >= 0.6 is 0 Å². The first-order valence-electron chi connectivity index (χ1n) is 6.44. The van der Waals surface area contributed by atoms with Crippen molar-refractivity contribution in [1.29, 1.82) is 5.26 Å². The molecule has 2 nitrogen and oxygen atoms in total. The van der Waals surface area contributed by atoms with E-state index >= 15 is 0 Å². The summed E-state index contributed by atoms with van der Waals surface area (Å²) >= 11 is 0. The van der Waals surface area contributed by atoms with E-state index in [9.17, 15) is 0 Å². The van der Waals surface area contributed by atoms with Gasteiger partial charge in [-0.2, -0.15) is 5.26 Å². The van der Waals surface area contributed by atoms with Crippen LogP contribution in [0.5, 0.6) is 0 Å². The molecule has 0 heterocycles.